The molecule has 0 spiro atoms. The lowest BCUT2D eigenvalue weighted by Crippen LogP contribution is -2.14. The number of pyridine rings is 1. The van der Waals surface area contributed by atoms with E-state index >= 15 is 0 Å². The zero-order chi connectivity index (χ0) is 18.8. The average Bonchev–Trinajstić information content (AvgIpc) is 2.58. The van der Waals surface area contributed by atoms with Crippen LogP contribution in [0.2, 0.25) is 0 Å². The fourth-order valence-electron chi connectivity index (χ4n) is 2.57. The Morgan fingerprint density at radius 3 is 2.73 bits per heavy atom. The van der Waals surface area contributed by atoms with Crippen LogP contribution >= 0.6 is 0 Å². The molecule has 0 aliphatic heterocycles. The highest BCUT2D eigenvalue weighted by molar-refractivity contribution is 5.92. The van der Waals surface area contributed by atoms with E-state index in [-0.39, 0.29) is 29.3 Å². The Bertz CT molecular complexity index is 1060. The second-order valence-corrected chi connectivity index (χ2v) is 5.41. The third kappa shape index (κ3) is 3.21. The van der Waals surface area contributed by atoms with Gasteiger partial charge in [0.05, 0.1) is 28.9 Å². The lowest BCUT2D eigenvalue weighted by molar-refractivity contribution is 0.168. The molecule has 0 radical (unpaired) electrons. The number of aromatic hydroxyl groups is 1. The van der Waals surface area contributed by atoms with Gasteiger partial charge in [-0.25, -0.2) is 13.6 Å². The summed E-state index contributed by atoms with van der Waals surface area (Å²) < 4.78 is 32.0. The van der Waals surface area contributed by atoms with Crippen LogP contribution in [0.1, 0.15) is 6.92 Å². The van der Waals surface area contributed by atoms with Crippen LogP contribution < -0.4 is 10.7 Å². The number of nitrogens with one attached hydrogen (secondary N) is 2. The van der Waals surface area contributed by atoms with Crippen molar-refractivity contribution in [3.63, 3.8) is 0 Å². The molecule has 0 fully saturated rings. The molecule has 0 saturated carbocycles. The van der Waals surface area contributed by atoms with E-state index in [1.54, 1.807) is 6.92 Å². The molecule has 0 aliphatic carbocycles. The molecule has 0 bridgehead atoms. The molecule has 0 unspecified atom stereocenters. The summed E-state index contributed by atoms with van der Waals surface area (Å²) in [5.41, 5.74) is 0.170. The van der Waals surface area contributed by atoms with Gasteiger partial charge in [0.1, 0.15) is 5.75 Å². The van der Waals surface area contributed by atoms with Gasteiger partial charge in [0, 0.05) is 17.7 Å². The van der Waals surface area contributed by atoms with E-state index in [0.717, 1.165) is 12.1 Å². The summed E-state index contributed by atoms with van der Waals surface area (Å²) in [4.78, 5) is 26.8. The normalized spacial score (nSPS) is 10.7. The van der Waals surface area contributed by atoms with Gasteiger partial charge in [0.2, 0.25) is 0 Å². The molecule has 2 aromatic carbocycles. The maximum Gasteiger partial charge on any atom is 0.411 e. The number of hydrogen-bond donors (Lipinski definition) is 3. The molecule has 1 heterocycles. The maximum absolute atomic E-state index is 13.9. The molecule has 0 aliphatic rings. The minimum atomic E-state index is -1.23. The molecule has 1 amide bonds. The highest BCUT2D eigenvalue weighted by Crippen LogP contribution is 2.31. The van der Waals surface area contributed by atoms with Gasteiger partial charge in [-0.05, 0) is 31.2 Å². The van der Waals surface area contributed by atoms with Crippen molar-refractivity contribution in [3.05, 3.63) is 58.3 Å². The Morgan fingerprint density at radius 1 is 1.23 bits per heavy atom. The van der Waals surface area contributed by atoms with E-state index in [1.807, 2.05) is 0 Å². The van der Waals surface area contributed by atoms with Crippen LogP contribution in [-0.2, 0) is 4.74 Å². The SMILES string of the molecule is CCOC(=O)Nc1cc(O)ccc1-c1cc(=O)c2c(F)c(F)ccc2[nH]1. The standard InChI is InChI=1S/C18H14F2N2O4/c1-2-26-18(25)22-13-7-9(23)3-4-10(13)14-8-15(24)16-12(21-14)6-5-11(19)17(16)20/h3-8,23H,2H2,1H3,(H,21,24)(H,22,25). The van der Waals surface area contributed by atoms with Gasteiger partial charge in [-0.3, -0.25) is 10.1 Å². The third-order valence-electron chi connectivity index (χ3n) is 3.69. The number of aromatic amines is 1. The molecule has 26 heavy (non-hydrogen) atoms. The van der Waals surface area contributed by atoms with E-state index in [4.69, 9.17) is 4.74 Å². The lowest BCUT2D eigenvalue weighted by Gasteiger charge is -2.12. The molecule has 0 saturated heterocycles. The molecule has 0 atom stereocenters. The van der Waals surface area contributed by atoms with Crippen LogP contribution in [0.15, 0.2) is 41.2 Å². The van der Waals surface area contributed by atoms with Gasteiger partial charge >= 0.3 is 6.09 Å². The van der Waals surface area contributed by atoms with E-state index in [1.165, 1.54) is 24.3 Å². The van der Waals surface area contributed by atoms with Crippen LogP contribution in [0, 0.1) is 11.6 Å². The van der Waals surface area contributed by atoms with Crippen molar-refractivity contribution in [2.24, 2.45) is 0 Å². The number of phenolic OH excluding ortho intramolecular Hbond substituents is 1. The fourth-order valence-corrected chi connectivity index (χ4v) is 2.57. The predicted octanol–water partition coefficient (Wildman–Crippen LogP) is 3.75. The second-order valence-electron chi connectivity index (χ2n) is 5.41. The number of phenols is 1. The number of ether oxygens (including phenoxy) is 1. The van der Waals surface area contributed by atoms with Gasteiger partial charge in [0.25, 0.3) is 0 Å². The van der Waals surface area contributed by atoms with E-state index in [0.29, 0.717) is 5.56 Å². The van der Waals surface area contributed by atoms with Crippen LogP contribution in [0.25, 0.3) is 22.2 Å². The molecule has 134 valence electrons. The van der Waals surface area contributed by atoms with Crippen LogP contribution in [0.5, 0.6) is 5.75 Å². The van der Waals surface area contributed by atoms with Crippen LogP contribution in [0.3, 0.4) is 0 Å². The van der Waals surface area contributed by atoms with E-state index in [2.05, 4.69) is 10.3 Å². The number of benzene rings is 2. The van der Waals surface area contributed by atoms with Gasteiger partial charge in [-0.2, -0.15) is 0 Å². The number of amides is 1. The number of rotatable bonds is 3. The quantitative estimate of drug-likeness (QED) is 0.663. The first kappa shape index (κ1) is 17.4. The maximum atomic E-state index is 13.9. The Morgan fingerprint density at radius 2 is 2.00 bits per heavy atom. The highest BCUT2D eigenvalue weighted by atomic mass is 19.2. The number of fused-ring (bicyclic) bond motifs is 1. The average molecular weight is 360 g/mol. The second kappa shape index (κ2) is 6.83. The zero-order valence-corrected chi connectivity index (χ0v) is 13.6. The largest absolute Gasteiger partial charge is 0.508 e. The third-order valence-corrected chi connectivity index (χ3v) is 3.69. The number of H-pyrrole nitrogens is 1. The van der Waals surface area contributed by atoms with E-state index < -0.39 is 28.5 Å². The van der Waals surface area contributed by atoms with Crippen molar-refractivity contribution < 1.29 is 23.4 Å². The van der Waals surface area contributed by atoms with Crippen molar-refractivity contribution in [2.45, 2.75) is 6.92 Å². The molecule has 1 aromatic heterocycles. The topological polar surface area (TPSA) is 91.4 Å². The van der Waals surface area contributed by atoms with Crippen molar-refractivity contribution in [1.29, 1.82) is 0 Å². The number of carbonyl (C=O) groups is 1. The number of hydrogen-bond acceptors (Lipinski definition) is 4. The summed E-state index contributed by atoms with van der Waals surface area (Å²) in [6.45, 7) is 1.79. The first-order valence-electron chi connectivity index (χ1n) is 7.69. The first-order chi connectivity index (χ1) is 12.4. The molecule has 6 nitrogen and oxygen atoms in total. The highest BCUT2D eigenvalue weighted by Gasteiger charge is 2.15. The smallest absolute Gasteiger partial charge is 0.411 e. The number of halogens is 2. The Kier molecular flexibility index (Phi) is 4.57. The monoisotopic (exact) mass is 360 g/mol. The zero-order valence-electron chi connectivity index (χ0n) is 13.6. The van der Waals surface area contributed by atoms with Crippen molar-refractivity contribution in [3.8, 4) is 17.0 Å². The minimum Gasteiger partial charge on any atom is -0.508 e. The number of aromatic nitrogens is 1. The minimum absolute atomic E-state index is 0.0987. The van der Waals surface area contributed by atoms with Gasteiger partial charge in [-0.1, -0.05) is 0 Å². The predicted molar refractivity (Wildman–Crippen MR) is 92.2 cm³/mol. The summed E-state index contributed by atoms with van der Waals surface area (Å²) in [5, 5.41) is 11.7. The summed E-state index contributed by atoms with van der Waals surface area (Å²) in [6, 6.07) is 7.35. The van der Waals surface area contributed by atoms with Crippen molar-refractivity contribution in [1.82, 2.24) is 4.98 Å². The molecular formula is C18H14F2N2O4. The summed E-state index contributed by atoms with van der Waals surface area (Å²) in [5.74, 6) is -2.47. The first-order valence-corrected chi connectivity index (χ1v) is 7.69. The van der Waals surface area contributed by atoms with Crippen LogP contribution in [-0.4, -0.2) is 22.8 Å². The van der Waals surface area contributed by atoms with Gasteiger partial charge in [-0.15, -0.1) is 0 Å². The van der Waals surface area contributed by atoms with E-state index in [9.17, 15) is 23.5 Å². The molecule has 3 rings (SSSR count). The summed E-state index contributed by atoms with van der Waals surface area (Å²) in [7, 11) is 0. The Balaban J connectivity index is 2.16. The van der Waals surface area contributed by atoms with Crippen molar-refractivity contribution >= 4 is 22.7 Å². The van der Waals surface area contributed by atoms with Gasteiger partial charge in [0.15, 0.2) is 17.1 Å². The summed E-state index contributed by atoms with van der Waals surface area (Å²) in [6.07, 6.45) is -0.740. The van der Waals surface area contributed by atoms with Crippen molar-refractivity contribution in [2.75, 3.05) is 11.9 Å². The fraction of sp³-hybridized carbons (Fsp3) is 0.111. The number of anilines is 1. The number of carbonyl (C=O) groups excluding carboxylic acids is 1. The van der Waals surface area contributed by atoms with Crippen LogP contribution in [0.4, 0.5) is 19.3 Å². The Hall–Kier alpha value is -3.42. The molecule has 8 heteroatoms. The summed E-state index contributed by atoms with van der Waals surface area (Å²) >= 11 is 0. The lowest BCUT2D eigenvalue weighted by atomic mass is 10.1. The molecular weight excluding hydrogens is 346 g/mol. The Labute approximate surface area is 146 Å². The molecule has 3 aromatic rings. The van der Waals surface area contributed by atoms with Gasteiger partial charge < -0.3 is 14.8 Å². The molecule has 3 N–H and O–H groups in total.